The van der Waals surface area contributed by atoms with E-state index >= 15 is 0 Å². The van der Waals surface area contributed by atoms with Crippen molar-refractivity contribution in [1.29, 1.82) is 0 Å². The summed E-state index contributed by atoms with van der Waals surface area (Å²) < 4.78 is 7.26. The summed E-state index contributed by atoms with van der Waals surface area (Å²) in [5.41, 5.74) is 9.64. The van der Waals surface area contributed by atoms with Gasteiger partial charge >= 0.3 is 0 Å². The highest BCUT2D eigenvalue weighted by molar-refractivity contribution is 7.25. The molecular formula is C51H31N5S. The summed E-state index contributed by atoms with van der Waals surface area (Å²) in [4.78, 5) is 15.4. The molecule has 12 aromatic rings. The predicted molar refractivity (Wildman–Crippen MR) is 238 cm³/mol. The molecule has 0 atom stereocenters. The van der Waals surface area contributed by atoms with Gasteiger partial charge in [0.15, 0.2) is 17.5 Å². The lowest BCUT2D eigenvalue weighted by Gasteiger charge is -2.12. The highest BCUT2D eigenvalue weighted by Crippen LogP contribution is 2.41. The van der Waals surface area contributed by atoms with Crippen molar-refractivity contribution < 1.29 is 0 Å². The van der Waals surface area contributed by atoms with E-state index in [9.17, 15) is 0 Å². The van der Waals surface area contributed by atoms with Gasteiger partial charge in [-0.2, -0.15) is 0 Å². The lowest BCUT2D eigenvalue weighted by atomic mass is 10.1. The number of thiophene rings is 1. The Balaban J connectivity index is 1.07. The quantitative estimate of drug-likeness (QED) is 0.176. The SMILES string of the molecule is c1ccc(-c2nc(-c3cccc(-n4c5ccccc5c5cc6c7ccccc7n(-c7ccccc7)c6cc54)c3)nc(-c3ccc4c(c3)sc3ccccc34)n2)cc1. The minimum absolute atomic E-state index is 0.629. The molecular weight excluding hydrogens is 715 g/mol. The summed E-state index contributed by atoms with van der Waals surface area (Å²) in [6.07, 6.45) is 0. The highest BCUT2D eigenvalue weighted by Gasteiger charge is 2.20. The van der Waals surface area contributed by atoms with Crippen LogP contribution < -0.4 is 0 Å². The van der Waals surface area contributed by atoms with Gasteiger partial charge in [0.2, 0.25) is 0 Å². The molecule has 0 aliphatic carbocycles. The van der Waals surface area contributed by atoms with Crippen molar-refractivity contribution >= 4 is 75.1 Å². The lowest BCUT2D eigenvalue weighted by Crippen LogP contribution is -2.01. The molecule has 12 rings (SSSR count). The molecule has 0 aliphatic rings. The monoisotopic (exact) mass is 745 g/mol. The van der Waals surface area contributed by atoms with Gasteiger partial charge in [0.25, 0.3) is 0 Å². The predicted octanol–water partition coefficient (Wildman–Crippen LogP) is 13.4. The van der Waals surface area contributed by atoms with E-state index in [0.29, 0.717) is 17.5 Å². The van der Waals surface area contributed by atoms with Gasteiger partial charge < -0.3 is 9.13 Å². The van der Waals surface area contributed by atoms with Crippen LogP contribution in [0.1, 0.15) is 0 Å². The van der Waals surface area contributed by atoms with Crippen LogP contribution in [0, 0.1) is 0 Å². The number of rotatable bonds is 5. The molecule has 0 fully saturated rings. The Morgan fingerprint density at radius 1 is 0.298 bits per heavy atom. The van der Waals surface area contributed by atoms with Crippen molar-refractivity contribution in [2.45, 2.75) is 0 Å². The van der Waals surface area contributed by atoms with E-state index in [0.717, 1.165) is 39.1 Å². The average Bonchev–Trinajstić information content (AvgIpc) is 3.93. The van der Waals surface area contributed by atoms with Gasteiger partial charge in [0, 0.05) is 69.8 Å². The maximum absolute atomic E-state index is 5.19. The molecule has 0 radical (unpaired) electrons. The van der Waals surface area contributed by atoms with E-state index in [1.807, 2.05) is 18.2 Å². The normalized spacial score (nSPS) is 11.9. The molecule has 0 amide bonds. The molecule has 57 heavy (non-hydrogen) atoms. The number of benzene rings is 8. The van der Waals surface area contributed by atoms with Crippen LogP contribution in [-0.2, 0) is 0 Å². The minimum atomic E-state index is 0.629. The van der Waals surface area contributed by atoms with Crippen LogP contribution in [0.5, 0.6) is 0 Å². The van der Waals surface area contributed by atoms with Gasteiger partial charge in [-0.3, -0.25) is 0 Å². The topological polar surface area (TPSA) is 48.5 Å². The second-order valence-corrected chi connectivity index (χ2v) is 15.5. The Morgan fingerprint density at radius 3 is 1.51 bits per heavy atom. The average molecular weight is 746 g/mol. The van der Waals surface area contributed by atoms with Crippen molar-refractivity contribution in [2.75, 3.05) is 0 Å². The fraction of sp³-hybridized carbons (Fsp3) is 0. The van der Waals surface area contributed by atoms with E-state index in [4.69, 9.17) is 15.0 Å². The zero-order valence-electron chi connectivity index (χ0n) is 30.5. The Hall–Kier alpha value is -7.41. The van der Waals surface area contributed by atoms with Crippen LogP contribution in [0.15, 0.2) is 188 Å². The molecule has 0 bridgehead atoms. The summed E-state index contributed by atoms with van der Waals surface area (Å²) in [7, 11) is 0. The Labute approximate surface area is 331 Å². The van der Waals surface area contributed by atoms with Crippen molar-refractivity contribution in [3.8, 4) is 45.5 Å². The smallest absolute Gasteiger partial charge is 0.164 e. The zero-order valence-corrected chi connectivity index (χ0v) is 31.4. The van der Waals surface area contributed by atoms with Crippen LogP contribution in [0.3, 0.4) is 0 Å². The highest BCUT2D eigenvalue weighted by atomic mass is 32.1. The van der Waals surface area contributed by atoms with Crippen LogP contribution in [-0.4, -0.2) is 24.1 Å². The van der Waals surface area contributed by atoms with Crippen molar-refractivity contribution in [2.24, 2.45) is 0 Å². The third-order valence-electron chi connectivity index (χ3n) is 11.1. The van der Waals surface area contributed by atoms with Crippen LogP contribution >= 0.6 is 11.3 Å². The Morgan fingerprint density at radius 2 is 0.807 bits per heavy atom. The van der Waals surface area contributed by atoms with Gasteiger partial charge in [0.1, 0.15) is 0 Å². The van der Waals surface area contributed by atoms with E-state index in [1.165, 1.54) is 52.8 Å². The van der Waals surface area contributed by atoms with E-state index in [2.05, 4.69) is 179 Å². The second kappa shape index (κ2) is 12.6. The fourth-order valence-corrected chi connectivity index (χ4v) is 9.71. The second-order valence-electron chi connectivity index (χ2n) is 14.5. The lowest BCUT2D eigenvalue weighted by molar-refractivity contribution is 1.07. The first kappa shape index (κ1) is 31.9. The summed E-state index contributed by atoms with van der Waals surface area (Å²) in [5.74, 6) is 1.92. The van der Waals surface area contributed by atoms with Crippen LogP contribution in [0.25, 0.3) is 109 Å². The standard InChI is InChI=1S/C51H31N5S/c1-3-14-32(15-4-1)49-52-50(54-51(53-49)34-26-27-40-39-22-9-12-25-47(39)57-48(40)29-34)33-16-13-19-36(28-33)56-44-24-11-8-21-38(44)42-30-41-37-20-7-10-23-43(37)55(45(41)31-46(42)56)35-17-5-2-6-18-35/h1-31H. The van der Waals surface area contributed by atoms with Gasteiger partial charge in [-0.25, -0.2) is 15.0 Å². The number of para-hydroxylation sites is 3. The van der Waals surface area contributed by atoms with E-state index in [-0.39, 0.29) is 0 Å². The van der Waals surface area contributed by atoms with Crippen LogP contribution in [0.4, 0.5) is 0 Å². The molecule has 0 N–H and O–H groups in total. The molecule has 0 spiro atoms. The van der Waals surface area contributed by atoms with Crippen molar-refractivity contribution in [1.82, 2.24) is 24.1 Å². The third-order valence-corrected chi connectivity index (χ3v) is 12.3. The molecule has 0 saturated heterocycles. The Kier molecular flexibility index (Phi) is 7.03. The molecule has 266 valence electrons. The number of aromatic nitrogens is 5. The molecule has 0 unspecified atom stereocenters. The van der Waals surface area contributed by atoms with Gasteiger partial charge in [-0.1, -0.05) is 127 Å². The van der Waals surface area contributed by atoms with Crippen LogP contribution in [0.2, 0.25) is 0 Å². The molecule has 4 heterocycles. The first-order valence-electron chi connectivity index (χ1n) is 19.1. The first-order valence-corrected chi connectivity index (χ1v) is 19.9. The van der Waals surface area contributed by atoms with Gasteiger partial charge in [-0.15, -0.1) is 11.3 Å². The zero-order chi connectivity index (χ0) is 37.5. The van der Waals surface area contributed by atoms with Gasteiger partial charge in [0.05, 0.1) is 22.1 Å². The summed E-state index contributed by atoms with van der Waals surface area (Å²) in [6.45, 7) is 0. The molecule has 5 nitrogen and oxygen atoms in total. The minimum Gasteiger partial charge on any atom is -0.309 e. The maximum atomic E-state index is 5.19. The van der Waals surface area contributed by atoms with Gasteiger partial charge in [-0.05, 0) is 60.7 Å². The van der Waals surface area contributed by atoms with Crippen molar-refractivity contribution in [3.63, 3.8) is 0 Å². The Bertz CT molecular complexity index is 3520. The summed E-state index contributed by atoms with van der Waals surface area (Å²) in [6, 6.07) is 66.7. The fourth-order valence-electron chi connectivity index (χ4n) is 8.56. The molecule has 6 heteroatoms. The number of hydrogen-bond donors (Lipinski definition) is 0. The largest absolute Gasteiger partial charge is 0.309 e. The van der Waals surface area contributed by atoms with E-state index < -0.39 is 0 Å². The molecule has 0 saturated carbocycles. The summed E-state index contributed by atoms with van der Waals surface area (Å²) >= 11 is 1.80. The third kappa shape index (κ3) is 5.04. The summed E-state index contributed by atoms with van der Waals surface area (Å²) in [5, 5.41) is 7.42. The van der Waals surface area contributed by atoms with Crippen molar-refractivity contribution in [3.05, 3.63) is 188 Å². The van der Waals surface area contributed by atoms with E-state index in [1.54, 1.807) is 11.3 Å². The molecule has 4 aromatic heterocycles. The maximum Gasteiger partial charge on any atom is 0.164 e. The molecule has 0 aliphatic heterocycles. The first-order chi connectivity index (χ1) is 28.2. The number of hydrogen-bond acceptors (Lipinski definition) is 4. The number of fused-ring (bicyclic) bond motifs is 9. The number of nitrogens with zero attached hydrogens (tertiary/aromatic N) is 5. The molecule has 8 aromatic carbocycles.